The van der Waals surface area contributed by atoms with Crippen LogP contribution in [-0.2, 0) is 6.54 Å². The van der Waals surface area contributed by atoms with E-state index in [1.165, 1.54) is 4.68 Å². The van der Waals surface area contributed by atoms with Gasteiger partial charge in [-0.3, -0.25) is 13.9 Å². The molecule has 0 aliphatic rings. The van der Waals surface area contributed by atoms with Gasteiger partial charge in [0.05, 0.1) is 11.9 Å². The summed E-state index contributed by atoms with van der Waals surface area (Å²) in [6.45, 7) is 2.14. The van der Waals surface area contributed by atoms with E-state index in [1.807, 2.05) is 36.5 Å². The normalized spacial score (nSPS) is 10.9. The molecule has 0 radical (unpaired) electrons. The molecule has 0 bridgehead atoms. The molecule has 3 aromatic heterocycles. The van der Waals surface area contributed by atoms with E-state index in [2.05, 4.69) is 20.4 Å². The fraction of sp³-hybridized carbons (Fsp3) is 0.105. The number of hydrogen-bond donors (Lipinski definition) is 2. The number of carbonyl (C=O) groups excluding carboxylic acids is 1. The standard InChI is InChI=1S/C19H16N6O3/c1-2-25-16(13(10-20-25)18(27)28)17(26)22-15-8-9-24-11-14(21-19(24)23-15)12-6-4-3-5-7-12/h3-11H,2H2,1H3,(H,27,28)(H,21,22,23,26). The Balaban J connectivity index is 1.65. The molecular weight excluding hydrogens is 360 g/mol. The third kappa shape index (κ3) is 3.09. The van der Waals surface area contributed by atoms with Crippen molar-refractivity contribution in [2.75, 3.05) is 5.32 Å². The number of fused-ring (bicyclic) bond motifs is 1. The molecule has 0 saturated heterocycles. The highest BCUT2D eigenvalue weighted by atomic mass is 16.4. The smallest absolute Gasteiger partial charge is 0.339 e. The molecule has 28 heavy (non-hydrogen) atoms. The average molecular weight is 376 g/mol. The lowest BCUT2D eigenvalue weighted by Gasteiger charge is -2.07. The van der Waals surface area contributed by atoms with Crippen LogP contribution >= 0.6 is 0 Å². The minimum atomic E-state index is -1.21. The highest BCUT2D eigenvalue weighted by Gasteiger charge is 2.23. The fourth-order valence-electron chi connectivity index (χ4n) is 2.89. The zero-order valence-corrected chi connectivity index (χ0v) is 14.9. The topological polar surface area (TPSA) is 114 Å². The van der Waals surface area contributed by atoms with Gasteiger partial charge >= 0.3 is 5.97 Å². The summed E-state index contributed by atoms with van der Waals surface area (Å²) >= 11 is 0. The van der Waals surface area contributed by atoms with E-state index in [4.69, 9.17) is 0 Å². The molecule has 1 amide bonds. The number of imidazole rings is 1. The molecule has 140 valence electrons. The summed E-state index contributed by atoms with van der Waals surface area (Å²) in [6.07, 6.45) is 4.74. The summed E-state index contributed by atoms with van der Waals surface area (Å²) in [5.41, 5.74) is 1.53. The molecule has 9 heteroatoms. The molecule has 0 fully saturated rings. The van der Waals surface area contributed by atoms with Crippen LogP contribution in [0.4, 0.5) is 5.82 Å². The number of rotatable bonds is 5. The lowest BCUT2D eigenvalue weighted by molar-refractivity contribution is 0.0692. The SMILES string of the molecule is CCn1ncc(C(=O)O)c1C(=O)Nc1ccn2cc(-c3ccccc3)nc2n1. The Hall–Kier alpha value is -4.01. The number of nitrogens with one attached hydrogen (secondary N) is 1. The van der Waals surface area contributed by atoms with Crippen LogP contribution in [0.3, 0.4) is 0 Å². The van der Waals surface area contributed by atoms with Crippen LogP contribution in [0.15, 0.2) is 55.0 Å². The molecule has 4 aromatic rings. The second-order valence-electron chi connectivity index (χ2n) is 5.99. The number of carbonyl (C=O) groups is 2. The van der Waals surface area contributed by atoms with Crippen molar-refractivity contribution in [3.8, 4) is 11.3 Å². The number of aromatic carboxylic acids is 1. The first-order chi connectivity index (χ1) is 13.6. The zero-order chi connectivity index (χ0) is 19.7. The summed E-state index contributed by atoms with van der Waals surface area (Å²) in [5, 5.41) is 15.9. The van der Waals surface area contributed by atoms with Crippen molar-refractivity contribution in [2.24, 2.45) is 0 Å². The van der Waals surface area contributed by atoms with Crippen LogP contribution in [0.2, 0.25) is 0 Å². The average Bonchev–Trinajstić information content (AvgIpc) is 3.32. The molecule has 2 N–H and O–H groups in total. The summed E-state index contributed by atoms with van der Waals surface area (Å²) in [6, 6.07) is 11.3. The first kappa shape index (κ1) is 17.4. The third-order valence-corrected chi connectivity index (χ3v) is 4.22. The number of aryl methyl sites for hydroxylation is 1. The Morgan fingerprint density at radius 1 is 1.14 bits per heavy atom. The van der Waals surface area contributed by atoms with Gasteiger partial charge in [-0.2, -0.15) is 10.1 Å². The molecule has 3 heterocycles. The van der Waals surface area contributed by atoms with Gasteiger partial charge in [0.2, 0.25) is 5.78 Å². The van der Waals surface area contributed by atoms with Crippen molar-refractivity contribution in [1.29, 1.82) is 0 Å². The lowest BCUT2D eigenvalue weighted by Crippen LogP contribution is -2.21. The maximum atomic E-state index is 12.6. The molecule has 0 unspecified atom stereocenters. The number of anilines is 1. The lowest BCUT2D eigenvalue weighted by atomic mass is 10.2. The van der Waals surface area contributed by atoms with Crippen molar-refractivity contribution in [1.82, 2.24) is 24.1 Å². The molecule has 0 spiro atoms. The number of carboxylic acids is 1. The van der Waals surface area contributed by atoms with E-state index in [9.17, 15) is 14.7 Å². The fourth-order valence-corrected chi connectivity index (χ4v) is 2.89. The van der Waals surface area contributed by atoms with Crippen LogP contribution in [0.1, 0.15) is 27.8 Å². The van der Waals surface area contributed by atoms with E-state index >= 15 is 0 Å². The summed E-state index contributed by atoms with van der Waals surface area (Å²) in [4.78, 5) is 32.8. The minimum absolute atomic E-state index is 0.0232. The second kappa shape index (κ2) is 6.95. The molecule has 0 aliphatic heterocycles. The molecule has 9 nitrogen and oxygen atoms in total. The highest BCUT2D eigenvalue weighted by Crippen LogP contribution is 2.19. The van der Waals surface area contributed by atoms with Crippen LogP contribution in [0.25, 0.3) is 17.0 Å². The van der Waals surface area contributed by atoms with Gasteiger partial charge in [-0.15, -0.1) is 0 Å². The van der Waals surface area contributed by atoms with Crippen LogP contribution in [0, 0.1) is 0 Å². The monoisotopic (exact) mass is 376 g/mol. The van der Waals surface area contributed by atoms with Crippen LogP contribution in [-0.4, -0.2) is 41.1 Å². The maximum Gasteiger partial charge on any atom is 0.339 e. The molecule has 0 atom stereocenters. The van der Waals surface area contributed by atoms with Gasteiger partial charge in [-0.05, 0) is 13.0 Å². The zero-order valence-electron chi connectivity index (χ0n) is 14.9. The number of amides is 1. The quantitative estimate of drug-likeness (QED) is 0.553. The van der Waals surface area contributed by atoms with E-state index in [0.29, 0.717) is 12.3 Å². The Labute approximate surface area is 159 Å². The van der Waals surface area contributed by atoms with Gasteiger partial charge < -0.3 is 10.4 Å². The van der Waals surface area contributed by atoms with Crippen LogP contribution < -0.4 is 5.32 Å². The molecule has 1 aromatic carbocycles. The Bertz CT molecular complexity index is 1180. The number of benzene rings is 1. The van der Waals surface area contributed by atoms with Crippen molar-refractivity contribution < 1.29 is 14.7 Å². The van der Waals surface area contributed by atoms with E-state index in [0.717, 1.165) is 17.5 Å². The summed E-state index contributed by atoms with van der Waals surface area (Å²) < 4.78 is 3.08. The summed E-state index contributed by atoms with van der Waals surface area (Å²) in [7, 11) is 0. The predicted molar refractivity (Wildman–Crippen MR) is 101 cm³/mol. The van der Waals surface area contributed by atoms with Gasteiger partial charge in [0.25, 0.3) is 5.91 Å². The largest absolute Gasteiger partial charge is 0.478 e. The van der Waals surface area contributed by atoms with Gasteiger partial charge in [0.15, 0.2) is 0 Å². The van der Waals surface area contributed by atoms with Crippen molar-refractivity contribution in [3.63, 3.8) is 0 Å². The maximum absolute atomic E-state index is 12.6. The van der Waals surface area contributed by atoms with Gasteiger partial charge in [-0.1, -0.05) is 30.3 Å². The number of aromatic nitrogens is 5. The third-order valence-electron chi connectivity index (χ3n) is 4.22. The molecule has 0 aliphatic carbocycles. The molecule has 0 saturated carbocycles. The Morgan fingerprint density at radius 2 is 1.93 bits per heavy atom. The van der Waals surface area contributed by atoms with Gasteiger partial charge in [-0.25, -0.2) is 9.78 Å². The van der Waals surface area contributed by atoms with Crippen LogP contribution in [0.5, 0.6) is 0 Å². The second-order valence-corrected chi connectivity index (χ2v) is 5.99. The molecular formula is C19H16N6O3. The summed E-state index contributed by atoms with van der Waals surface area (Å²) in [5.74, 6) is -1.13. The molecule has 4 rings (SSSR count). The number of carboxylic acid groups (broad SMARTS) is 1. The highest BCUT2D eigenvalue weighted by molar-refractivity contribution is 6.09. The Morgan fingerprint density at radius 3 is 2.64 bits per heavy atom. The van der Waals surface area contributed by atoms with Crippen molar-refractivity contribution >= 4 is 23.5 Å². The van der Waals surface area contributed by atoms with Gasteiger partial charge in [0.1, 0.15) is 17.1 Å². The first-order valence-electron chi connectivity index (χ1n) is 8.58. The first-order valence-corrected chi connectivity index (χ1v) is 8.58. The van der Waals surface area contributed by atoms with E-state index < -0.39 is 11.9 Å². The van der Waals surface area contributed by atoms with E-state index in [-0.39, 0.29) is 17.1 Å². The van der Waals surface area contributed by atoms with E-state index in [1.54, 1.807) is 23.6 Å². The Kier molecular flexibility index (Phi) is 4.32. The predicted octanol–water partition coefficient (Wildman–Crippen LogP) is 2.56. The number of nitrogens with zero attached hydrogens (tertiary/aromatic N) is 5. The minimum Gasteiger partial charge on any atom is -0.478 e. The van der Waals surface area contributed by atoms with Crippen molar-refractivity contribution in [2.45, 2.75) is 13.5 Å². The van der Waals surface area contributed by atoms with Crippen molar-refractivity contribution in [3.05, 3.63) is 66.2 Å². The van der Waals surface area contributed by atoms with Gasteiger partial charge in [0, 0.05) is 24.5 Å². The number of hydrogen-bond acceptors (Lipinski definition) is 5.